The number of carbonyl (C=O) groups excluding carboxylic acids is 2. The topological polar surface area (TPSA) is 88.3 Å². The molecule has 7 nitrogen and oxygen atoms in total. The molecule has 2 aromatic rings. The van der Waals surface area contributed by atoms with E-state index in [4.69, 9.17) is 4.52 Å². The maximum atomic E-state index is 12.4. The van der Waals surface area contributed by atoms with Gasteiger partial charge in [0.2, 0.25) is 11.8 Å². The third-order valence-corrected chi connectivity index (χ3v) is 4.50. The molecule has 2 amide bonds. The highest BCUT2D eigenvalue weighted by atomic mass is 32.1. The average molecular weight is 334 g/mol. The van der Waals surface area contributed by atoms with E-state index in [2.05, 4.69) is 15.5 Å². The Labute approximate surface area is 137 Å². The lowest BCUT2D eigenvalue weighted by atomic mass is 9.97. The van der Waals surface area contributed by atoms with Gasteiger partial charge in [-0.3, -0.25) is 9.59 Å². The number of hydrogen-bond acceptors (Lipinski definition) is 6. The van der Waals surface area contributed by atoms with Crippen molar-refractivity contribution in [2.24, 2.45) is 5.92 Å². The first-order valence-electron chi connectivity index (χ1n) is 7.52. The molecule has 3 heterocycles. The van der Waals surface area contributed by atoms with Gasteiger partial charge in [-0.15, -0.1) is 11.3 Å². The minimum Gasteiger partial charge on any atom is -0.361 e. The Kier molecular flexibility index (Phi) is 4.71. The fraction of sp³-hybridized carbons (Fsp3) is 0.467. The number of nitrogens with zero attached hydrogens (tertiary/aromatic N) is 3. The lowest BCUT2D eigenvalue weighted by Crippen LogP contribution is -2.44. The van der Waals surface area contributed by atoms with Crippen molar-refractivity contribution in [2.45, 2.75) is 26.2 Å². The Morgan fingerprint density at radius 2 is 2.39 bits per heavy atom. The number of anilines is 1. The van der Waals surface area contributed by atoms with Crippen LogP contribution in [0.2, 0.25) is 0 Å². The van der Waals surface area contributed by atoms with E-state index in [0.29, 0.717) is 29.7 Å². The van der Waals surface area contributed by atoms with Crippen molar-refractivity contribution in [3.8, 4) is 0 Å². The highest BCUT2D eigenvalue weighted by Gasteiger charge is 2.29. The quantitative estimate of drug-likeness (QED) is 0.922. The van der Waals surface area contributed by atoms with Gasteiger partial charge in [0.25, 0.3) is 0 Å². The molecule has 0 spiro atoms. The molecule has 2 aromatic heterocycles. The van der Waals surface area contributed by atoms with Gasteiger partial charge in [-0.25, -0.2) is 4.98 Å². The number of aryl methyl sites for hydroxylation is 1. The number of amides is 2. The fourth-order valence-corrected chi connectivity index (χ4v) is 3.21. The van der Waals surface area contributed by atoms with Crippen molar-refractivity contribution >= 4 is 28.3 Å². The van der Waals surface area contributed by atoms with Gasteiger partial charge >= 0.3 is 0 Å². The minimum absolute atomic E-state index is 0.0231. The van der Waals surface area contributed by atoms with Crippen molar-refractivity contribution in [1.29, 1.82) is 0 Å². The molecule has 1 atom stereocenters. The average Bonchev–Trinajstić information content (AvgIpc) is 3.19. The van der Waals surface area contributed by atoms with Crippen LogP contribution in [-0.2, 0) is 16.0 Å². The molecule has 1 saturated heterocycles. The minimum atomic E-state index is -0.198. The van der Waals surface area contributed by atoms with Crippen LogP contribution in [0.1, 0.15) is 24.3 Å². The maximum Gasteiger partial charge on any atom is 0.231 e. The van der Waals surface area contributed by atoms with Gasteiger partial charge < -0.3 is 14.7 Å². The molecule has 0 aliphatic carbocycles. The molecular weight excluding hydrogens is 316 g/mol. The molecule has 0 radical (unpaired) electrons. The highest BCUT2D eigenvalue weighted by Crippen LogP contribution is 2.20. The summed E-state index contributed by atoms with van der Waals surface area (Å²) in [6, 6.07) is 1.76. The summed E-state index contributed by atoms with van der Waals surface area (Å²) in [4.78, 5) is 30.4. The molecule has 23 heavy (non-hydrogen) atoms. The SMILES string of the molecule is Cc1cc(CC(=O)N2CCC[C@@H](C(=O)Nc3nccs3)C2)no1. The molecule has 1 fully saturated rings. The Morgan fingerprint density at radius 3 is 3.09 bits per heavy atom. The smallest absolute Gasteiger partial charge is 0.231 e. The first-order chi connectivity index (χ1) is 11.1. The van der Waals surface area contributed by atoms with E-state index in [1.165, 1.54) is 11.3 Å². The molecule has 1 aliphatic rings. The van der Waals surface area contributed by atoms with Crippen molar-refractivity contribution in [3.05, 3.63) is 29.1 Å². The van der Waals surface area contributed by atoms with Crippen LogP contribution < -0.4 is 5.32 Å². The van der Waals surface area contributed by atoms with Crippen LogP contribution in [0.15, 0.2) is 22.2 Å². The molecule has 1 aliphatic heterocycles. The lowest BCUT2D eigenvalue weighted by Gasteiger charge is -2.31. The van der Waals surface area contributed by atoms with E-state index in [-0.39, 0.29) is 24.2 Å². The maximum absolute atomic E-state index is 12.4. The van der Waals surface area contributed by atoms with Crippen LogP contribution in [0.4, 0.5) is 5.13 Å². The molecule has 0 saturated carbocycles. The van der Waals surface area contributed by atoms with E-state index < -0.39 is 0 Å². The zero-order valence-corrected chi connectivity index (χ0v) is 13.6. The van der Waals surface area contributed by atoms with E-state index in [1.54, 1.807) is 24.1 Å². The van der Waals surface area contributed by atoms with Crippen molar-refractivity contribution in [3.63, 3.8) is 0 Å². The number of piperidine rings is 1. The van der Waals surface area contributed by atoms with E-state index >= 15 is 0 Å². The normalized spacial score (nSPS) is 18.0. The summed E-state index contributed by atoms with van der Waals surface area (Å²) in [7, 11) is 0. The molecular formula is C15H18N4O3S. The van der Waals surface area contributed by atoms with Gasteiger partial charge in [-0.2, -0.15) is 0 Å². The molecule has 8 heteroatoms. The number of thiazole rings is 1. The summed E-state index contributed by atoms with van der Waals surface area (Å²) in [6.07, 6.45) is 3.46. The van der Waals surface area contributed by atoms with Crippen molar-refractivity contribution in [2.75, 3.05) is 18.4 Å². The van der Waals surface area contributed by atoms with E-state index in [0.717, 1.165) is 12.8 Å². The summed E-state index contributed by atoms with van der Waals surface area (Å²) in [5.74, 6) is 0.391. The molecule has 0 unspecified atom stereocenters. The molecule has 0 aromatic carbocycles. The van der Waals surface area contributed by atoms with Crippen LogP contribution >= 0.6 is 11.3 Å². The van der Waals surface area contributed by atoms with Gasteiger partial charge in [0.1, 0.15) is 5.76 Å². The number of hydrogen-bond donors (Lipinski definition) is 1. The predicted molar refractivity (Wildman–Crippen MR) is 85.0 cm³/mol. The van der Waals surface area contributed by atoms with Gasteiger partial charge in [-0.1, -0.05) is 5.16 Å². The number of carbonyl (C=O) groups is 2. The monoisotopic (exact) mass is 334 g/mol. The molecule has 122 valence electrons. The second-order valence-corrected chi connectivity index (χ2v) is 6.51. The Morgan fingerprint density at radius 1 is 1.52 bits per heavy atom. The van der Waals surface area contributed by atoms with Gasteiger partial charge in [-0.05, 0) is 19.8 Å². The summed E-state index contributed by atoms with van der Waals surface area (Å²) in [5, 5.41) is 9.06. The van der Waals surface area contributed by atoms with Crippen LogP contribution in [0.3, 0.4) is 0 Å². The van der Waals surface area contributed by atoms with Crippen LogP contribution in [0.5, 0.6) is 0 Å². The van der Waals surface area contributed by atoms with Crippen LogP contribution in [0.25, 0.3) is 0 Å². The highest BCUT2D eigenvalue weighted by molar-refractivity contribution is 7.13. The van der Waals surface area contributed by atoms with E-state index in [9.17, 15) is 9.59 Å². The Balaban J connectivity index is 1.56. The largest absolute Gasteiger partial charge is 0.361 e. The Hall–Kier alpha value is -2.22. The summed E-state index contributed by atoms with van der Waals surface area (Å²) >= 11 is 1.38. The number of rotatable bonds is 4. The second kappa shape index (κ2) is 6.91. The van der Waals surface area contributed by atoms with Gasteiger partial charge in [0.05, 0.1) is 18.0 Å². The van der Waals surface area contributed by atoms with Crippen molar-refractivity contribution in [1.82, 2.24) is 15.0 Å². The number of nitrogens with one attached hydrogen (secondary N) is 1. The first kappa shape index (κ1) is 15.7. The summed E-state index contributed by atoms with van der Waals surface area (Å²) in [6.45, 7) is 2.91. The summed E-state index contributed by atoms with van der Waals surface area (Å²) < 4.78 is 4.98. The molecule has 0 bridgehead atoms. The fourth-order valence-electron chi connectivity index (χ4n) is 2.68. The Bertz CT molecular complexity index is 683. The van der Waals surface area contributed by atoms with E-state index in [1.807, 2.05) is 5.38 Å². The number of aromatic nitrogens is 2. The second-order valence-electron chi connectivity index (χ2n) is 5.61. The zero-order valence-electron chi connectivity index (χ0n) is 12.8. The summed E-state index contributed by atoms with van der Waals surface area (Å²) in [5.41, 5.74) is 0.627. The third kappa shape index (κ3) is 3.95. The third-order valence-electron chi connectivity index (χ3n) is 3.82. The van der Waals surface area contributed by atoms with Gasteiger partial charge in [0.15, 0.2) is 5.13 Å². The molecule has 1 N–H and O–H groups in total. The predicted octanol–water partition coefficient (Wildman–Crippen LogP) is 1.86. The van der Waals surface area contributed by atoms with Crippen molar-refractivity contribution < 1.29 is 14.1 Å². The van der Waals surface area contributed by atoms with Crippen LogP contribution in [-0.4, -0.2) is 39.9 Å². The number of likely N-dealkylation sites (tertiary alicyclic amines) is 1. The standard InChI is InChI=1S/C15H18N4O3S/c1-10-7-12(18-22-10)8-13(20)19-5-2-3-11(9-19)14(21)17-15-16-4-6-23-15/h4,6-7,11H,2-3,5,8-9H2,1H3,(H,16,17,21)/t11-/m1/s1. The lowest BCUT2D eigenvalue weighted by molar-refractivity contribution is -0.134. The zero-order chi connectivity index (χ0) is 16.2. The first-order valence-corrected chi connectivity index (χ1v) is 8.40. The van der Waals surface area contributed by atoms with Gasteiger partial charge in [0, 0.05) is 30.7 Å². The molecule has 3 rings (SSSR count). The van der Waals surface area contributed by atoms with Crippen LogP contribution in [0, 0.1) is 12.8 Å².